The van der Waals surface area contributed by atoms with Crippen LogP contribution in [-0.4, -0.2) is 9.81 Å². The minimum absolute atomic E-state index is 0.0157. The summed E-state index contributed by atoms with van der Waals surface area (Å²) >= 11 is 11.3. The van der Waals surface area contributed by atoms with E-state index in [1.807, 2.05) is 26.0 Å². The maximum absolute atomic E-state index is 12.3. The minimum atomic E-state index is -0.743. The number of nitrogens with zero attached hydrogens (tertiary/aromatic N) is 1. The summed E-state index contributed by atoms with van der Waals surface area (Å²) in [5, 5.41) is -0.119. The van der Waals surface area contributed by atoms with Gasteiger partial charge in [0.25, 0.3) is 10.8 Å². The van der Waals surface area contributed by atoms with Crippen LogP contribution in [0.15, 0.2) is 41.2 Å². The smallest absolute Gasteiger partial charge is 0.263 e. The second kappa shape index (κ2) is 5.81. The van der Waals surface area contributed by atoms with Crippen LogP contribution < -0.4 is 5.56 Å². The van der Waals surface area contributed by atoms with E-state index >= 15 is 0 Å². The molecule has 5 heteroatoms. The van der Waals surface area contributed by atoms with Gasteiger partial charge in [-0.05, 0) is 55.3 Å². The molecule has 0 radical (unpaired) electrons. The highest BCUT2D eigenvalue weighted by atomic mass is 35.5. The van der Waals surface area contributed by atoms with Gasteiger partial charge in [0.15, 0.2) is 0 Å². The molecule has 3 nitrogen and oxygen atoms in total. The zero-order chi connectivity index (χ0) is 14.9. The number of aromatic nitrogens is 1. The summed E-state index contributed by atoms with van der Waals surface area (Å²) in [6, 6.07) is 10.3. The van der Waals surface area contributed by atoms with Crippen molar-refractivity contribution in [2.45, 2.75) is 19.9 Å². The van der Waals surface area contributed by atoms with Crippen molar-refractivity contribution in [1.82, 2.24) is 4.57 Å². The number of halogens is 2. The fourth-order valence-corrected chi connectivity index (χ4v) is 2.34. The van der Waals surface area contributed by atoms with E-state index in [1.54, 1.807) is 22.8 Å². The molecule has 0 unspecified atom stereocenters. The first-order valence-corrected chi connectivity index (χ1v) is 6.88. The van der Waals surface area contributed by atoms with E-state index in [4.69, 9.17) is 23.2 Å². The average Bonchev–Trinajstić information content (AvgIpc) is 2.38. The van der Waals surface area contributed by atoms with Gasteiger partial charge in [0.2, 0.25) is 0 Å². The third kappa shape index (κ3) is 2.79. The molecule has 1 aromatic heterocycles. The van der Waals surface area contributed by atoms with Crippen LogP contribution >= 0.6 is 23.2 Å². The molecule has 1 heterocycles. The Morgan fingerprint density at radius 2 is 1.70 bits per heavy atom. The van der Waals surface area contributed by atoms with E-state index in [9.17, 15) is 9.59 Å². The number of carbonyl (C=O) groups is 1. The SMILES string of the molecule is CC(C)n1c(-c2ccc(Cl)cc2)ccc(C(=O)Cl)c1=O. The summed E-state index contributed by atoms with van der Waals surface area (Å²) in [6.45, 7) is 3.76. The van der Waals surface area contributed by atoms with Gasteiger partial charge in [0.1, 0.15) is 0 Å². The summed E-state index contributed by atoms with van der Waals surface area (Å²) in [4.78, 5) is 23.6. The van der Waals surface area contributed by atoms with Crippen molar-refractivity contribution < 1.29 is 4.79 Å². The van der Waals surface area contributed by atoms with Crippen molar-refractivity contribution in [3.63, 3.8) is 0 Å². The topological polar surface area (TPSA) is 39.1 Å². The van der Waals surface area contributed by atoms with Crippen LogP contribution in [-0.2, 0) is 0 Å². The molecule has 2 rings (SSSR count). The van der Waals surface area contributed by atoms with E-state index in [0.29, 0.717) is 5.02 Å². The highest BCUT2D eigenvalue weighted by molar-refractivity contribution is 6.67. The first-order chi connectivity index (χ1) is 9.41. The normalized spacial score (nSPS) is 10.8. The Hall–Kier alpha value is -1.58. The second-order valence-corrected chi connectivity index (χ2v) is 5.46. The van der Waals surface area contributed by atoms with Gasteiger partial charge in [-0.25, -0.2) is 0 Å². The molecular weight excluding hydrogens is 297 g/mol. The molecule has 0 aliphatic rings. The molecule has 0 amide bonds. The van der Waals surface area contributed by atoms with E-state index in [0.717, 1.165) is 11.3 Å². The molecule has 0 atom stereocenters. The Labute approximate surface area is 126 Å². The predicted octanol–water partition coefficient (Wildman–Crippen LogP) is 4.13. The molecular formula is C15H13Cl2NO2. The van der Waals surface area contributed by atoms with Gasteiger partial charge < -0.3 is 4.57 Å². The zero-order valence-corrected chi connectivity index (χ0v) is 12.6. The third-order valence-electron chi connectivity index (χ3n) is 2.98. The summed E-state index contributed by atoms with van der Waals surface area (Å²) in [5.74, 6) is 0. The summed E-state index contributed by atoms with van der Waals surface area (Å²) in [6.07, 6.45) is 0. The second-order valence-electron chi connectivity index (χ2n) is 4.68. The summed E-state index contributed by atoms with van der Waals surface area (Å²) in [5.41, 5.74) is 1.18. The van der Waals surface area contributed by atoms with Crippen molar-refractivity contribution in [2.24, 2.45) is 0 Å². The van der Waals surface area contributed by atoms with Crippen LogP contribution in [0.2, 0.25) is 5.02 Å². The van der Waals surface area contributed by atoms with Crippen LogP contribution in [0.3, 0.4) is 0 Å². The van der Waals surface area contributed by atoms with Crippen LogP contribution in [0.25, 0.3) is 11.3 Å². The molecule has 0 saturated carbocycles. The standard InChI is InChI=1S/C15H13Cl2NO2/c1-9(2)18-13(10-3-5-11(16)6-4-10)8-7-12(14(17)19)15(18)20/h3-9H,1-2H3. The summed E-state index contributed by atoms with van der Waals surface area (Å²) < 4.78 is 1.55. The number of pyridine rings is 1. The Kier molecular flexibility index (Phi) is 4.31. The molecule has 1 aromatic carbocycles. The van der Waals surface area contributed by atoms with Gasteiger partial charge >= 0.3 is 0 Å². The third-order valence-corrected chi connectivity index (χ3v) is 3.44. The highest BCUT2D eigenvalue weighted by Gasteiger charge is 2.16. The lowest BCUT2D eigenvalue weighted by molar-refractivity contribution is 0.107. The van der Waals surface area contributed by atoms with Crippen molar-refractivity contribution in [1.29, 1.82) is 0 Å². The van der Waals surface area contributed by atoms with Gasteiger partial charge in [-0.2, -0.15) is 0 Å². The zero-order valence-electron chi connectivity index (χ0n) is 11.1. The summed E-state index contributed by atoms with van der Waals surface area (Å²) in [7, 11) is 0. The van der Waals surface area contributed by atoms with Crippen molar-refractivity contribution in [3.05, 3.63) is 57.3 Å². The lowest BCUT2D eigenvalue weighted by Gasteiger charge is -2.17. The van der Waals surface area contributed by atoms with Crippen LogP contribution in [0.4, 0.5) is 0 Å². The van der Waals surface area contributed by atoms with Gasteiger partial charge in [-0.1, -0.05) is 23.7 Å². The fraction of sp³-hybridized carbons (Fsp3) is 0.200. The fourth-order valence-electron chi connectivity index (χ4n) is 2.07. The average molecular weight is 310 g/mol. The number of hydrogen-bond donors (Lipinski definition) is 0. The lowest BCUT2D eigenvalue weighted by Crippen LogP contribution is -2.27. The van der Waals surface area contributed by atoms with Crippen molar-refractivity contribution in [3.8, 4) is 11.3 Å². The predicted molar refractivity (Wildman–Crippen MR) is 81.7 cm³/mol. The molecule has 0 bridgehead atoms. The van der Waals surface area contributed by atoms with Crippen LogP contribution in [0.1, 0.15) is 30.2 Å². The molecule has 0 aliphatic carbocycles. The molecule has 0 aliphatic heterocycles. The van der Waals surface area contributed by atoms with Crippen molar-refractivity contribution >= 4 is 28.4 Å². The van der Waals surface area contributed by atoms with E-state index in [-0.39, 0.29) is 17.2 Å². The van der Waals surface area contributed by atoms with Gasteiger partial charge in [0, 0.05) is 11.1 Å². The first kappa shape index (κ1) is 14.8. The van der Waals surface area contributed by atoms with Crippen LogP contribution in [0.5, 0.6) is 0 Å². The maximum atomic E-state index is 12.3. The minimum Gasteiger partial charge on any atom is -0.305 e. The van der Waals surface area contributed by atoms with Gasteiger partial charge in [-0.3, -0.25) is 9.59 Å². The number of hydrogen-bond acceptors (Lipinski definition) is 2. The quantitative estimate of drug-likeness (QED) is 0.800. The van der Waals surface area contributed by atoms with E-state index < -0.39 is 5.24 Å². The highest BCUT2D eigenvalue weighted by Crippen LogP contribution is 2.23. The van der Waals surface area contributed by atoms with E-state index in [1.165, 1.54) is 6.07 Å². The van der Waals surface area contributed by atoms with Gasteiger partial charge in [0.05, 0.1) is 11.3 Å². The molecule has 104 valence electrons. The Balaban J connectivity index is 2.71. The monoisotopic (exact) mass is 309 g/mol. The van der Waals surface area contributed by atoms with Gasteiger partial charge in [-0.15, -0.1) is 0 Å². The van der Waals surface area contributed by atoms with Crippen LogP contribution in [0, 0.1) is 0 Å². The molecule has 0 saturated heterocycles. The van der Waals surface area contributed by atoms with Crippen molar-refractivity contribution in [2.75, 3.05) is 0 Å². The molecule has 0 spiro atoms. The molecule has 0 N–H and O–H groups in total. The van der Waals surface area contributed by atoms with E-state index in [2.05, 4.69) is 0 Å². The Bertz CT molecular complexity index is 703. The number of carbonyl (C=O) groups excluding carboxylic acids is 1. The largest absolute Gasteiger partial charge is 0.305 e. The number of rotatable bonds is 3. The Morgan fingerprint density at radius 3 is 2.20 bits per heavy atom. The Morgan fingerprint density at radius 1 is 1.10 bits per heavy atom. The molecule has 20 heavy (non-hydrogen) atoms. The molecule has 2 aromatic rings. The maximum Gasteiger partial charge on any atom is 0.263 e. The number of benzene rings is 1. The lowest BCUT2D eigenvalue weighted by atomic mass is 10.1. The molecule has 0 fully saturated rings. The first-order valence-electron chi connectivity index (χ1n) is 6.13.